The standard InChI is InChI=1S/C24H20N/c1-15-11-12-21(25(3)14-15)22-16(2)13-17-7-6-10-19-18-8-4-5-9-20(18)24(22)23(17)19/h4-14H,1-3H3/q+1. The van der Waals surface area contributed by atoms with E-state index in [2.05, 4.69) is 92.3 Å². The number of nitrogens with zero attached hydrogens (tertiary/aromatic N) is 1. The third-order valence-electron chi connectivity index (χ3n) is 5.39. The van der Waals surface area contributed by atoms with Crippen molar-refractivity contribution in [1.29, 1.82) is 0 Å². The Morgan fingerprint density at radius 2 is 1.48 bits per heavy atom. The Morgan fingerprint density at radius 1 is 0.720 bits per heavy atom. The Hall–Kier alpha value is -2.93. The van der Waals surface area contributed by atoms with Crippen LogP contribution >= 0.6 is 0 Å². The Labute approximate surface area is 148 Å². The summed E-state index contributed by atoms with van der Waals surface area (Å²) in [4.78, 5) is 0. The van der Waals surface area contributed by atoms with E-state index in [0.717, 1.165) is 0 Å². The van der Waals surface area contributed by atoms with Crippen LogP contribution in [-0.2, 0) is 7.05 Å². The molecule has 3 aromatic carbocycles. The molecule has 1 aromatic heterocycles. The molecule has 1 nitrogen and oxygen atoms in total. The predicted molar refractivity (Wildman–Crippen MR) is 104 cm³/mol. The highest BCUT2D eigenvalue weighted by Gasteiger charge is 2.28. The third-order valence-corrected chi connectivity index (χ3v) is 5.39. The number of pyridine rings is 1. The Morgan fingerprint density at radius 3 is 2.28 bits per heavy atom. The molecule has 0 unspecified atom stereocenters. The summed E-state index contributed by atoms with van der Waals surface area (Å²) in [6.07, 6.45) is 2.21. The quantitative estimate of drug-likeness (QED) is 0.354. The zero-order chi connectivity index (χ0) is 17.1. The Bertz CT molecular complexity index is 1170. The molecule has 4 aromatic rings. The summed E-state index contributed by atoms with van der Waals surface area (Å²) in [6, 6.07) is 22.3. The van der Waals surface area contributed by atoms with Crippen molar-refractivity contribution in [3.05, 3.63) is 78.0 Å². The van der Waals surface area contributed by atoms with Crippen molar-refractivity contribution >= 4 is 10.8 Å². The van der Waals surface area contributed by atoms with E-state index in [1.807, 2.05) is 0 Å². The van der Waals surface area contributed by atoms with Gasteiger partial charge < -0.3 is 0 Å². The van der Waals surface area contributed by atoms with Gasteiger partial charge >= 0.3 is 0 Å². The molecule has 1 aliphatic carbocycles. The molecule has 0 spiro atoms. The van der Waals surface area contributed by atoms with Crippen molar-refractivity contribution < 1.29 is 4.57 Å². The van der Waals surface area contributed by atoms with Gasteiger partial charge in [-0.1, -0.05) is 48.5 Å². The molecule has 0 amide bonds. The molecule has 1 heterocycles. The zero-order valence-corrected chi connectivity index (χ0v) is 14.8. The van der Waals surface area contributed by atoms with Gasteiger partial charge in [-0.2, -0.15) is 0 Å². The van der Waals surface area contributed by atoms with E-state index in [9.17, 15) is 0 Å². The molecule has 0 aliphatic heterocycles. The highest BCUT2D eigenvalue weighted by atomic mass is 14.9. The Kier molecular flexibility index (Phi) is 2.90. The maximum atomic E-state index is 2.34. The monoisotopic (exact) mass is 322 g/mol. The maximum absolute atomic E-state index is 2.34. The summed E-state index contributed by atoms with van der Waals surface area (Å²) < 4.78 is 2.25. The van der Waals surface area contributed by atoms with Crippen LogP contribution in [-0.4, -0.2) is 0 Å². The molecule has 0 bridgehead atoms. The van der Waals surface area contributed by atoms with Gasteiger partial charge in [0.1, 0.15) is 7.05 Å². The average molecular weight is 322 g/mol. The van der Waals surface area contributed by atoms with Gasteiger partial charge in [0.25, 0.3) is 0 Å². The van der Waals surface area contributed by atoms with Crippen molar-refractivity contribution in [2.75, 3.05) is 0 Å². The summed E-state index contributed by atoms with van der Waals surface area (Å²) in [7, 11) is 2.14. The molecule has 0 N–H and O–H groups in total. The van der Waals surface area contributed by atoms with Crippen LogP contribution in [0.3, 0.4) is 0 Å². The SMILES string of the molecule is Cc1ccc(-c2c(C)cc3cccc4c3c2-c2ccccc2-4)[n+](C)c1. The molecule has 1 heteroatoms. The van der Waals surface area contributed by atoms with E-state index in [-0.39, 0.29) is 0 Å². The molecule has 0 saturated carbocycles. The van der Waals surface area contributed by atoms with Crippen molar-refractivity contribution in [2.45, 2.75) is 13.8 Å². The van der Waals surface area contributed by atoms with E-state index >= 15 is 0 Å². The number of fused-ring (bicyclic) bond motifs is 3. The van der Waals surface area contributed by atoms with E-state index in [1.54, 1.807) is 0 Å². The van der Waals surface area contributed by atoms with Crippen LogP contribution in [0.4, 0.5) is 0 Å². The normalized spacial score (nSPS) is 11.8. The minimum atomic E-state index is 1.27. The lowest BCUT2D eigenvalue weighted by Crippen LogP contribution is -2.31. The highest BCUT2D eigenvalue weighted by molar-refractivity contribution is 6.19. The van der Waals surface area contributed by atoms with Crippen LogP contribution in [0.5, 0.6) is 0 Å². The molecule has 1 aliphatic rings. The first-order valence-corrected chi connectivity index (χ1v) is 8.78. The van der Waals surface area contributed by atoms with Gasteiger partial charge in [-0.25, -0.2) is 4.57 Å². The number of aryl methyl sites for hydroxylation is 3. The third kappa shape index (κ3) is 1.93. The van der Waals surface area contributed by atoms with Gasteiger partial charge in [-0.05, 0) is 52.9 Å². The predicted octanol–water partition coefficient (Wildman–Crippen LogP) is 5.60. The van der Waals surface area contributed by atoms with Crippen molar-refractivity contribution in [3.63, 3.8) is 0 Å². The van der Waals surface area contributed by atoms with Gasteiger partial charge in [0.05, 0.1) is 5.56 Å². The van der Waals surface area contributed by atoms with Crippen LogP contribution < -0.4 is 4.57 Å². The number of hydrogen-bond donors (Lipinski definition) is 0. The lowest BCUT2D eigenvalue weighted by Gasteiger charge is -2.13. The maximum Gasteiger partial charge on any atom is 0.213 e. The summed E-state index contributed by atoms with van der Waals surface area (Å²) in [6.45, 7) is 4.38. The molecule has 0 saturated heterocycles. The van der Waals surface area contributed by atoms with Crippen molar-refractivity contribution in [3.8, 4) is 33.5 Å². The first-order chi connectivity index (χ1) is 12.1. The van der Waals surface area contributed by atoms with E-state index in [1.165, 1.54) is 55.4 Å². The van der Waals surface area contributed by atoms with Crippen LogP contribution in [0, 0.1) is 13.8 Å². The van der Waals surface area contributed by atoms with Crippen LogP contribution in [0.1, 0.15) is 11.1 Å². The molecule has 120 valence electrons. The van der Waals surface area contributed by atoms with E-state index < -0.39 is 0 Å². The van der Waals surface area contributed by atoms with Crippen LogP contribution in [0.15, 0.2) is 66.9 Å². The van der Waals surface area contributed by atoms with Gasteiger partial charge in [-0.3, -0.25) is 0 Å². The molecule has 0 atom stereocenters. The molecule has 25 heavy (non-hydrogen) atoms. The number of rotatable bonds is 1. The fourth-order valence-electron chi connectivity index (χ4n) is 4.36. The van der Waals surface area contributed by atoms with Crippen molar-refractivity contribution in [2.24, 2.45) is 7.05 Å². The van der Waals surface area contributed by atoms with Gasteiger partial charge in [0.15, 0.2) is 6.20 Å². The van der Waals surface area contributed by atoms with E-state index in [4.69, 9.17) is 0 Å². The molecule has 5 rings (SSSR count). The second-order valence-corrected chi connectivity index (χ2v) is 7.10. The first-order valence-electron chi connectivity index (χ1n) is 8.78. The summed E-state index contributed by atoms with van der Waals surface area (Å²) >= 11 is 0. The molecular formula is C24H20N+. The lowest BCUT2D eigenvalue weighted by molar-refractivity contribution is -0.660. The second-order valence-electron chi connectivity index (χ2n) is 7.10. The highest BCUT2D eigenvalue weighted by Crippen LogP contribution is 2.51. The summed E-state index contributed by atoms with van der Waals surface area (Å²) in [5, 5.41) is 2.73. The number of benzene rings is 3. The van der Waals surface area contributed by atoms with Crippen LogP contribution in [0.2, 0.25) is 0 Å². The van der Waals surface area contributed by atoms with Gasteiger partial charge in [0, 0.05) is 17.2 Å². The Balaban J connectivity index is 1.98. The topological polar surface area (TPSA) is 3.88 Å². The summed E-state index contributed by atoms with van der Waals surface area (Å²) in [5.74, 6) is 0. The number of hydrogen-bond acceptors (Lipinski definition) is 0. The number of aromatic nitrogens is 1. The smallest absolute Gasteiger partial charge is 0.201 e. The van der Waals surface area contributed by atoms with Crippen molar-refractivity contribution in [1.82, 2.24) is 0 Å². The minimum Gasteiger partial charge on any atom is -0.201 e. The summed E-state index contributed by atoms with van der Waals surface area (Å²) in [5.41, 5.74) is 10.7. The second kappa shape index (κ2) is 5.03. The fraction of sp³-hybridized carbons (Fsp3) is 0.125. The van der Waals surface area contributed by atoms with E-state index in [0.29, 0.717) is 0 Å². The van der Waals surface area contributed by atoms with Crippen LogP contribution in [0.25, 0.3) is 44.3 Å². The largest absolute Gasteiger partial charge is 0.213 e. The molecular weight excluding hydrogens is 302 g/mol. The molecule has 0 fully saturated rings. The zero-order valence-electron chi connectivity index (χ0n) is 14.8. The average Bonchev–Trinajstić information content (AvgIpc) is 2.93. The first kappa shape index (κ1) is 14.4. The fourth-order valence-corrected chi connectivity index (χ4v) is 4.36. The van der Waals surface area contributed by atoms with Gasteiger partial charge in [0.2, 0.25) is 5.69 Å². The molecule has 0 radical (unpaired) electrons. The minimum absolute atomic E-state index is 1.27. The lowest BCUT2D eigenvalue weighted by atomic mass is 9.91. The van der Waals surface area contributed by atoms with Gasteiger partial charge in [-0.15, -0.1) is 0 Å².